The van der Waals surface area contributed by atoms with Gasteiger partial charge in [0.25, 0.3) is 0 Å². The first kappa shape index (κ1) is 18.9. The topological polar surface area (TPSA) is 120 Å². The summed E-state index contributed by atoms with van der Waals surface area (Å²) >= 11 is 0. The van der Waals surface area contributed by atoms with Gasteiger partial charge in [-0.1, -0.05) is 0 Å². The van der Waals surface area contributed by atoms with Gasteiger partial charge in [0.2, 0.25) is 0 Å². The van der Waals surface area contributed by atoms with Crippen molar-refractivity contribution >= 4 is 19.9 Å². The number of alkyl carbamates (subject to hydrolysis) is 1. The molecular formula is C10H20NO8P. The highest BCUT2D eigenvalue weighted by atomic mass is 31.2. The number of hydrogen-bond acceptors (Lipinski definition) is 7. The number of amides is 1. The molecule has 0 spiro atoms. The second-order valence-corrected chi connectivity index (χ2v) is 6.53. The summed E-state index contributed by atoms with van der Waals surface area (Å²) in [7, 11) is -1.65. The quantitative estimate of drug-likeness (QED) is 0.676. The Kier molecular flexibility index (Phi) is 7.15. The number of carbonyl (C=O) groups excluding carboxylic acids is 1. The average Bonchev–Trinajstić information content (AvgIpc) is 2.31. The largest absolute Gasteiger partial charge is 0.480 e. The molecule has 0 aromatic heterocycles. The molecule has 0 saturated carbocycles. The number of phosphoric ester groups is 1. The Hall–Kier alpha value is -1.15. The molecule has 2 N–H and O–H groups in total. The van der Waals surface area contributed by atoms with Crippen molar-refractivity contribution in [1.82, 2.24) is 5.32 Å². The van der Waals surface area contributed by atoms with Crippen molar-refractivity contribution in [2.75, 3.05) is 20.8 Å². The first-order valence-electron chi connectivity index (χ1n) is 5.61. The number of carboxylic acids is 1. The molecule has 1 amide bonds. The van der Waals surface area contributed by atoms with Gasteiger partial charge >= 0.3 is 19.9 Å². The van der Waals surface area contributed by atoms with Gasteiger partial charge in [0.05, 0.1) is 6.61 Å². The molecule has 1 atom stereocenters. The van der Waals surface area contributed by atoms with E-state index in [1.807, 2.05) is 0 Å². The number of rotatable bonds is 7. The molecule has 10 heteroatoms. The fourth-order valence-electron chi connectivity index (χ4n) is 0.970. The van der Waals surface area contributed by atoms with Gasteiger partial charge in [-0.2, -0.15) is 0 Å². The van der Waals surface area contributed by atoms with Crippen molar-refractivity contribution in [2.45, 2.75) is 32.4 Å². The molecule has 0 bridgehead atoms. The van der Waals surface area contributed by atoms with E-state index in [0.717, 1.165) is 14.2 Å². The summed E-state index contributed by atoms with van der Waals surface area (Å²) in [5.41, 5.74) is -0.775. The molecule has 0 saturated heterocycles. The molecule has 118 valence electrons. The van der Waals surface area contributed by atoms with Crippen LogP contribution in [0.15, 0.2) is 0 Å². The van der Waals surface area contributed by atoms with Crippen LogP contribution in [0.4, 0.5) is 4.79 Å². The second kappa shape index (κ2) is 7.58. The molecule has 0 fully saturated rings. The van der Waals surface area contributed by atoms with Gasteiger partial charge in [0.15, 0.2) is 6.04 Å². The SMILES string of the molecule is COP(=O)(OC)OCC(NC(=O)OC(C)(C)C)C(=O)O. The molecule has 0 aliphatic heterocycles. The summed E-state index contributed by atoms with van der Waals surface area (Å²) in [6, 6.07) is -1.46. The molecule has 0 radical (unpaired) electrons. The lowest BCUT2D eigenvalue weighted by atomic mass is 10.2. The van der Waals surface area contributed by atoms with Crippen LogP contribution in [0.3, 0.4) is 0 Å². The van der Waals surface area contributed by atoms with Crippen LogP contribution in [0.2, 0.25) is 0 Å². The Balaban J connectivity index is 4.57. The summed E-state index contributed by atoms with van der Waals surface area (Å²) < 4.78 is 30.2. The third kappa shape index (κ3) is 7.44. The Morgan fingerprint density at radius 1 is 1.25 bits per heavy atom. The Labute approximate surface area is 117 Å². The van der Waals surface area contributed by atoms with Crippen LogP contribution in [0.25, 0.3) is 0 Å². The first-order chi connectivity index (χ1) is 9.03. The molecule has 0 aliphatic rings. The van der Waals surface area contributed by atoms with E-state index in [1.54, 1.807) is 20.8 Å². The van der Waals surface area contributed by atoms with Crippen molar-refractivity contribution in [1.29, 1.82) is 0 Å². The molecule has 9 nitrogen and oxygen atoms in total. The van der Waals surface area contributed by atoms with Crippen LogP contribution in [0, 0.1) is 0 Å². The smallest absolute Gasteiger partial charge is 0.474 e. The average molecular weight is 313 g/mol. The lowest BCUT2D eigenvalue weighted by Gasteiger charge is -2.22. The highest BCUT2D eigenvalue weighted by Crippen LogP contribution is 2.47. The van der Waals surface area contributed by atoms with Crippen LogP contribution >= 0.6 is 7.82 Å². The maximum Gasteiger partial charge on any atom is 0.474 e. The zero-order chi connectivity index (χ0) is 16.0. The monoisotopic (exact) mass is 313 g/mol. The third-order valence-electron chi connectivity index (χ3n) is 1.84. The van der Waals surface area contributed by atoms with Crippen LogP contribution in [0.1, 0.15) is 20.8 Å². The highest BCUT2D eigenvalue weighted by molar-refractivity contribution is 7.48. The zero-order valence-corrected chi connectivity index (χ0v) is 12.9. The van der Waals surface area contributed by atoms with Gasteiger partial charge in [-0.25, -0.2) is 14.2 Å². The van der Waals surface area contributed by atoms with Crippen molar-refractivity contribution in [3.05, 3.63) is 0 Å². The Morgan fingerprint density at radius 2 is 1.75 bits per heavy atom. The lowest BCUT2D eigenvalue weighted by molar-refractivity contribution is -0.140. The highest BCUT2D eigenvalue weighted by Gasteiger charge is 2.29. The molecule has 1 unspecified atom stereocenters. The van der Waals surface area contributed by atoms with Crippen LogP contribution < -0.4 is 5.32 Å². The standard InChI is InChI=1S/C10H20NO8P/c1-10(2,3)19-9(14)11-7(8(12)13)6-18-20(15,16-4)17-5/h7H,6H2,1-5H3,(H,11,14)(H,12,13). The molecule has 0 aromatic rings. The molecule has 0 heterocycles. The van der Waals surface area contributed by atoms with Crippen LogP contribution in [0.5, 0.6) is 0 Å². The molecule has 0 aromatic carbocycles. The predicted octanol–water partition coefficient (Wildman–Crippen LogP) is 1.38. The third-order valence-corrected chi connectivity index (χ3v) is 3.20. The van der Waals surface area contributed by atoms with E-state index in [-0.39, 0.29) is 0 Å². The van der Waals surface area contributed by atoms with Crippen molar-refractivity contribution in [3.63, 3.8) is 0 Å². The normalized spacial score (nSPS) is 13.7. The van der Waals surface area contributed by atoms with E-state index in [2.05, 4.69) is 14.4 Å². The summed E-state index contributed by atoms with van der Waals surface area (Å²) in [6.45, 7) is 4.28. The summed E-state index contributed by atoms with van der Waals surface area (Å²) in [5, 5.41) is 11.0. The van der Waals surface area contributed by atoms with Crippen molar-refractivity contribution < 1.29 is 37.6 Å². The fraction of sp³-hybridized carbons (Fsp3) is 0.800. The predicted molar refractivity (Wildman–Crippen MR) is 68.4 cm³/mol. The Bertz CT molecular complexity index is 383. The lowest BCUT2D eigenvalue weighted by Crippen LogP contribution is -2.45. The number of phosphoric acid groups is 1. The van der Waals surface area contributed by atoms with Crippen LogP contribution in [-0.4, -0.2) is 49.6 Å². The number of ether oxygens (including phenoxy) is 1. The first-order valence-corrected chi connectivity index (χ1v) is 7.07. The van der Waals surface area contributed by atoms with E-state index in [4.69, 9.17) is 14.4 Å². The van der Waals surface area contributed by atoms with Gasteiger partial charge < -0.3 is 15.2 Å². The number of nitrogens with one attached hydrogen (secondary N) is 1. The van der Waals surface area contributed by atoms with Gasteiger partial charge in [0, 0.05) is 14.2 Å². The van der Waals surface area contributed by atoms with E-state index >= 15 is 0 Å². The summed E-state index contributed by atoms with van der Waals surface area (Å²) in [4.78, 5) is 22.4. The number of carbonyl (C=O) groups is 2. The van der Waals surface area contributed by atoms with Gasteiger partial charge in [-0.05, 0) is 20.8 Å². The number of hydrogen-bond donors (Lipinski definition) is 2. The van der Waals surface area contributed by atoms with Crippen LogP contribution in [-0.2, 0) is 27.7 Å². The van der Waals surface area contributed by atoms with Gasteiger partial charge in [0.1, 0.15) is 5.60 Å². The van der Waals surface area contributed by atoms with E-state index in [1.165, 1.54) is 0 Å². The van der Waals surface area contributed by atoms with E-state index in [0.29, 0.717) is 0 Å². The zero-order valence-electron chi connectivity index (χ0n) is 12.0. The molecule has 20 heavy (non-hydrogen) atoms. The van der Waals surface area contributed by atoms with Crippen molar-refractivity contribution in [3.8, 4) is 0 Å². The minimum Gasteiger partial charge on any atom is -0.480 e. The van der Waals surface area contributed by atoms with E-state index in [9.17, 15) is 14.2 Å². The molecule has 0 aliphatic carbocycles. The van der Waals surface area contributed by atoms with Gasteiger partial charge in [-0.3, -0.25) is 13.6 Å². The maximum absolute atomic E-state index is 11.6. The van der Waals surface area contributed by atoms with E-state index < -0.39 is 38.1 Å². The Morgan fingerprint density at radius 3 is 2.10 bits per heavy atom. The minimum absolute atomic E-state index is 0.604. The number of carboxylic acid groups (broad SMARTS) is 1. The molecular weight excluding hydrogens is 293 g/mol. The van der Waals surface area contributed by atoms with Gasteiger partial charge in [-0.15, -0.1) is 0 Å². The minimum atomic E-state index is -3.81. The summed E-state index contributed by atoms with van der Waals surface area (Å²) in [5.74, 6) is -1.38. The molecule has 0 rings (SSSR count). The number of aliphatic carboxylic acids is 1. The fourth-order valence-corrected chi connectivity index (χ4v) is 1.66. The maximum atomic E-state index is 11.6. The van der Waals surface area contributed by atoms with Crippen molar-refractivity contribution in [2.24, 2.45) is 0 Å². The second-order valence-electron chi connectivity index (χ2n) is 4.65. The summed E-state index contributed by atoms with van der Waals surface area (Å²) in [6.07, 6.45) is -0.932.